The third-order valence-corrected chi connectivity index (χ3v) is 5.83. The summed E-state index contributed by atoms with van der Waals surface area (Å²) in [6, 6.07) is 11.7. The van der Waals surface area contributed by atoms with Crippen LogP contribution in [0.15, 0.2) is 52.1 Å². The van der Waals surface area contributed by atoms with Crippen molar-refractivity contribution in [2.45, 2.75) is 26.6 Å². The zero-order chi connectivity index (χ0) is 24.7. The Morgan fingerprint density at radius 3 is 2.57 bits per heavy atom. The summed E-state index contributed by atoms with van der Waals surface area (Å²) in [6.45, 7) is 2.43. The Bertz CT molecular complexity index is 1700. The van der Waals surface area contributed by atoms with Crippen molar-refractivity contribution in [2.24, 2.45) is 0 Å². The number of aromatic carboxylic acids is 1. The van der Waals surface area contributed by atoms with Crippen LogP contribution >= 0.6 is 11.6 Å². The van der Waals surface area contributed by atoms with Crippen molar-refractivity contribution in [3.8, 4) is 6.01 Å². The Hall–Kier alpha value is -4.38. The quantitative estimate of drug-likeness (QED) is 0.315. The highest BCUT2D eigenvalue weighted by atomic mass is 35.5. The molecule has 0 aliphatic carbocycles. The molecule has 0 saturated heterocycles. The van der Waals surface area contributed by atoms with E-state index in [1.807, 2.05) is 6.92 Å². The van der Waals surface area contributed by atoms with E-state index < -0.39 is 17.2 Å². The average molecular weight is 495 g/mol. The van der Waals surface area contributed by atoms with Gasteiger partial charge in [-0.1, -0.05) is 23.7 Å². The Morgan fingerprint density at radius 2 is 1.86 bits per heavy atom. The van der Waals surface area contributed by atoms with Gasteiger partial charge in [0.2, 0.25) is 0 Å². The van der Waals surface area contributed by atoms with E-state index in [1.54, 1.807) is 34.9 Å². The summed E-state index contributed by atoms with van der Waals surface area (Å²) in [5, 5.41) is 9.74. The lowest BCUT2D eigenvalue weighted by atomic mass is 10.2. The number of H-pyrrole nitrogens is 2. The van der Waals surface area contributed by atoms with Crippen LogP contribution in [0, 0.1) is 0 Å². The SMILES string of the molecule is CCn1c(COc2nc3ccc(C(=O)O)cc3[nH]2)nc2c1c(=O)[nH]c(=O)n2Cc1ccc(Cl)cc1. The van der Waals surface area contributed by atoms with Crippen LogP contribution < -0.4 is 16.0 Å². The summed E-state index contributed by atoms with van der Waals surface area (Å²) >= 11 is 5.96. The van der Waals surface area contributed by atoms with Gasteiger partial charge in [-0.3, -0.25) is 14.3 Å². The van der Waals surface area contributed by atoms with Gasteiger partial charge in [-0.25, -0.2) is 14.6 Å². The van der Waals surface area contributed by atoms with Crippen LogP contribution in [0.4, 0.5) is 0 Å². The topological polar surface area (TPSA) is 148 Å². The van der Waals surface area contributed by atoms with E-state index in [-0.39, 0.29) is 35.9 Å². The molecule has 0 amide bonds. The number of aromatic amines is 2. The molecule has 0 radical (unpaired) electrons. The van der Waals surface area contributed by atoms with Crippen molar-refractivity contribution in [2.75, 3.05) is 0 Å². The second-order valence-electron chi connectivity index (χ2n) is 7.78. The van der Waals surface area contributed by atoms with Crippen molar-refractivity contribution in [1.82, 2.24) is 29.1 Å². The number of nitrogens with one attached hydrogen (secondary N) is 2. The number of hydrogen-bond donors (Lipinski definition) is 3. The first-order chi connectivity index (χ1) is 16.8. The molecule has 0 atom stereocenters. The van der Waals surface area contributed by atoms with Gasteiger partial charge in [0, 0.05) is 11.6 Å². The predicted octanol–water partition coefficient (Wildman–Crippen LogP) is 2.76. The van der Waals surface area contributed by atoms with E-state index in [0.717, 1.165) is 5.56 Å². The molecule has 11 nitrogen and oxygen atoms in total. The molecule has 3 aromatic heterocycles. The smallest absolute Gasteiger partial charge is 0.335 e. The van der Waals surface area contributed by atoms with Gasteiger partial charge in [0.1, 0.15) is 12.4 Å². The van der Waals surface area contributed by atoms with Crippen LogP contribution in [0.5, 0.6) is 6.01 Å². The van der Waals surface area contributed by atoms with Crippen LogP contribution in [0.2, 0.25) is 5.02 Å². The number of fused-ring (bicyclic) bond motifs is 2. The molecular formula is C23H19ClN6O5. The molecule has 0 saturated carbocycles. The lowest BCUT2D eigenvalue weighted by Gasteiger charge is -2.07. The van der Waals surface area contributed by atoms with Crippen molar-refractivity contribution >= 4 is 39.8 Å². The van der Waals surface area contributed by atoms with Crippen molar-refractivity contribution < 1.29 is 14.6 Å². The largest absolute Gasteiger partial charge is 0.478 e. The fraction of sp³-hybridized carbons (Fsp3) is 0.174. The molecule has 178 valence electrons. The van der Waals surface area contributed by atoms with E-state index in [2.05, 4.69) is 19.9 Å². The maximum Gasteiger partial charge on any atom is 0.335 e. The van der Waals surface area contributed by atoms with Gasteiger partial charge in [-0.2, -0.15) is 4.98 Å². The number of aryl methyl sites for hydroxylation is 1. The monoisotopic (exact) mass is 494 g/mol. The molecule has 5 aromatic rings. The Kier molecular flexibility index (Phi) is 5.61. The molecule has 0 fully saturated rings. The zero-order valence-corrected chi connectivity index (χ0v) is 19.2. The molecule has 0 bridgehead atoms. The molecule has 3 N–H and O–H groups in total. The molecule has 0 aliphatic heterocycles. The van der Waals surface area contributed by atoms with Crippen LogP contribution in [0.25, 0.3) is 22.2 Å². The summed E-state index contributed by atoms with van der Waals surface area (Å²) in [7, 11) is 0. The Balaban J connectivity index is 1.50. The highest BCUT2D eigenvalue weighted by Gasteiger charge is 2.19. The lowest BCUT2D eigenvalue weighted by molar-refractivity contribution is 0.0697. The summed E-state index contributed by atoms with van der Waals surface area (Å²) in [4.78, 5) is 50.7. The summed E-state index contributed by atoms with van der Waals surface area (Å²) in [5.74, 6) is -0.620. The predicted molar refractivity (Wildman–Crippen MR) is 128 cm³/mol. The molecule has 5 rings (SSSR count). The van der Waals surface area contributed by atoms with Crippen molar-refractivity contribution in [3.63, 3.8) is 0 Å². The van der Waals surface area contributed by atoms with Crippen LogP contribution in [0.3, 0.4) is 0 Å². The minimum Gasteiger partial charge on any atom is -0.478 e. The normalized spacial score (nSPS) is 11.4. The average Bonchev–Trinajstić information content (AvgIpc) is 3.42. The molecule has 2 aromatic carbocycles. The van der Waals surface area contributed by atoms with Gasteiger partial charge < -0.3 is 19.4 Å². The first-order valence-electron chi connectivity index (χ1n) is 10.7. The fourth-order valence-corrected chi connectivity index (χ4v) is 4.03. The number of imidazole rings is 2. The first kappa shape index (κ1) is 22.4. The van der Waals surface area contributed by atoms with Gasteiger partial charge in [0.15, 0.2) is 11.2 Å². The van der Waals surface area contributed by atoms with Gasteiger partial charge in [0.25, 0.3) is 11.6 Å². The number of carboxylic acids is 1. The number of halogens is 1. The standard InChI is InChI=1S/C23H19ClN6O5/c1-2-29-17(11-35-22-25-15-8-5-13(21(32)33)9-16(15)26-22)27-19-18(29)20(31)28-23(34)30(19)10-12-3-6-14(24)7-4-12/h3-9H,2,10-11H2,1H3,(H,25,26)(H,32,33)(H,28,31,34). The summed E-state index contributed by atoms with van der Waals surface area (Å²) in [6.07, 6.45) is 0. The number of nitrogens with zero attached hydrogens (tertiary/aromatic N) is 4. The van der Waals surface area contributed by atoms with Crippen LogP contribution in [-0.4, -0.2) is 40.1 Å². The van der Waals surface area contributed by atoms with E-state index in [9.17, 15) is 14.4 Å². The third kappa shape index (κ3) is 4.17. The second kappa shape index (κ2) is 8.76. The van der Waals surface area contributed by atoms with Crippen LogP contribution in [-0.2, 0) is 19.7 Å². The van der Waals surface area contributed by atoms with Gasteiger partial charge in [-0.15, -0.1) is 0 Å². The maximum absolute atomic E-state index is 12.7. The number of aromatic nitrogens is 6. The molecule has 0 spiro atoms. The highest BCUT2D eigenvalue weighted by molar-refractivity contribution is 6.30. The molecule has 0 aliphatic rings. The summed E-state index contributed by atoms with van der Waals surface area (Å²) < 4.78 is 8.85. The fourth-order valence-electron chi connectivity index (χ4n) is 3.91. The molecule has 35 heavy (non-hydrogen) atoms. The van der Waals surface area contributed by atoms with E-state index >= 15 is 0 Å². The minimum atomic E-state index is -1.05. The number of benzene rings is 2. The third-order valence-electron chi connectivity index (χ3n) is 5.58. The van der Waals surface area contributed by atoms with Gasteiger partial charge in [-0.05, 0) is 42.8 Å². The Labute approximate surface area is 201 Å². The summed E-state index contributed by atoms with van der Waals surface area (Å²) in [5.41, 5.74) is 1.38. The number of hydrogen-bond acceptors (Lipinski definition) is 6. The number of ether oxygens (including phenoxy) is 1. The van der Waals surface area contributed by atoms with Crippen molar-refractivity contribution in [3.05, 3.63) is 85.3 Å². The molecular weight excluding hydrogens is 476 g/mol. The molecule has 3 heterocycles. The van der Waals surface area contributed by atoms with Crippen LogP contribution in [0.1, 0.15) is 28.7 Å². The number of carbonyl (C=O) groups is 1. The second-order valence-corrected chi connectivity index (χ2v) is 8.22. The van der Waals surface area contributed by atoms with Gasteiger partial charge in [0.05, 0.1) is 23.1 Å². The molecule has 0 unspecified atom stereocenters. The molecule has 12 heteroatoms. The lowest BCUT2D eigenvalue weighted by Crippen LogP contribution is -2.31. The minimum absolute atomic E-state index is 0.0390. The highest BCUT2D eigenvalue weighted by Crippen LogP contribution is 2.20. The van der Waals surface area contributed by atoms with E-state index in [1.165, 1.54) is 16.7 Å². The zero-order valence-electron chi connectivity index (χ0n) is 18.4. The number of carboxylic acid groups (broad SMARTS) is 1. The number of rotatable bonds is 7. The Morgan fingerprint density at radius 1 is 1.09 bits per heavy atom. The van der Waals surface area contributed by atoms with Crippen molar-refractivity contribution in [1.29, 1.82) is 0 Å². The van der Waals surface area contributed by atoms with Gasteiger partial charge >= 0.3 is 11.7 Å². The maximum atomic E-state index is 12.7. The van der Waals surface area contributed by atoms with E-state index in [0.29, 0.717) is 28.4 Å². The van der Waals surface area contributed by atoms with E-state index in [4.69, 9.17) is 21.4 Å². The first-order valence-corrected chi connectivity index (χ1v) is 11.0.